The molecule has 2 aromatic rings. The van der Waals surface area contributed by atoms with E-state index in [4.69, 9.17) is 5.26 Å². The number of nitriles is 1. The maximum Gasteiger partial charge on any atom is 0.321 e. The third kappa shape index (κ3) is 4.15. The second kappa shape index (κ2) is 7.99. The highest BCUT2D eigenvalue weighted by Gasteiger charge is 2.42. The Kier molecular flexibility index (Phi) is 5.27. The fourth-order valence-electron chi connectivity index (χ4n) is 4.46. The van der Waals surface area contributed by atoms with Crippen molar-refractivity contribution in [2.24, 2.45) is 5.41 Å². The monoisotopic (exact) mass is 375 g/mol. The van der Waals surface area contributed by atoms with Crippen LogP contribution in [0.15, 0.2) is 48.7 Å². The number of carbonyl (C=O) groups excluding carboxylic acids is 1. The van der Waals surface area contributed by atoms with Crippen molar-refractivity contribution >= 4 is 11.7 Å². The van der Waals surface area contributed by atoms with E-state index in [2.05, 4.69) is 45.5 Å². The van der Waals surface area contributed by atoms with E-state index in [0.29, 0.717) is 11.4 Å². The standard InChI is InChI=1S/C22H25N5O/c23-13-19-7-8-20(14-24-19)25-21(28)27-12-10-22(17-27)9-4-11-26(16-22)15-18-5-2-1-3-6-18/h1-3,5-8,14H,4,9-12,15-17H2,(H,25,28). The summed E-state index contributed by atoms with van der Waals surface area (Å²) in [4.78, 5) is 21.1. The number of anilines is 1. The first-order valence-electron chi connectivity index (χ1n) is 9.84. The number of carbonyl (C=O) groups is 1. The number of likely N-dealkylation sites (tertiary alicyclic amines) is 2. The quantitative estimate of drug-likeness (QED) is 0.892. The molecule has 0 saturated carbocycles. The van der Waals surface area contributed by atoms with Gasteiger partial charge in [-0.1, -0.05) is 30.3 Å². The summed E-state index contributed by atoms with van der Waals surface area (Å²) in [5.74, 6) is 0. The Labute approximate surface area is 165 Å². The van der Waals surface area contributed by atoms with Crippen LogP contribution in [0.2, 0.25) is 0 Å². The van der Waals surface area contributed by atoms with Gasteiger partial charge in [0.25, 0.3) is 0 Å². The maximum atomic E-state index is 12.7. The van der Waals surface area contributed by atoms with E-state index < -0.39 is 0 Å². The van der Waals surface area contributed by atoms with Crippen molar-refractivity contribution in [2.75, 3.05) is 31.5 Å². The number of hydrogen-bond acceptors (Lipinski definition) is 4. The number of amides is 2. The molecule has 0 aliphatic carbocycles. The van der Waals surface area contributed by atoms with Crippen molar-refractivity contribution in [1.82, 2.24) is 14.8 Å². The zero-order valence-corrected chi connectivity index (χ0v) is 16.0. The summed E-state index contributed by atoms with van der Waals surface area (Å²) in [5, 5.41) is 11.7. The van der Waals surface area contributed by atoms with Crippen LogP contribution >= 0.6 is 0 Å². The molecule has 1 aromatic heterocycles. The molecule has 0 radical (unpaired) electrons. The first kappa shape index (κ1) is 18.5. The number of nitrogens with one attached hydrogen (secondary N) is 1. The Balaban J connectivity index is 1.35. The second-order valence-corrected chi connectivity index (χ2v) is 7.95. The summed E-state index contributed by atoms with van der Waals surface area (Å²) < 4.78 is 0. The minimum Gasteiger partial charge on any atom is -0.324 e. The van der Waals surface area contributed by atoms with Crippen molar-refractivity contribution < 1.29 is 4.79 Å². The van der Waals surface area contributed by atoms with Gasteiger partial charge in [-0.2, -0.15) is 5.26 Å². The van der Waals surface area contributed by atoms with E-state index in [1.807, 2.05) is 11.0 Å². The molecule has 2 saturated heterocycles. The van der Waals surface area contributed by atoms with E-state index in [0.717, 1.165) is 39.1 Å². The van der Waals surface area contributed by atoms with Gasteiger partial charge in [-0.15, -0.1) is 0 Å². The summed E-state index contributed by atoms with van der Waals surface area (Å²) in [6, 6.07) is 15.8. The average Bonchev–Trinajstić information content (AvgIpc) is 3.12. The molecule has 144 valence electrons. The van der Waals surface area contributed by atoms with E-state index in [-0.39, 0.29) is 11.4 Å². The largest absolute Gasteiger partial charge is 0.324 e. The lowest BCUT2D eigenvalue weighted by molar-refractivity contribution is 0.0905. The normalized spacial score (nSPS) is 22.2. The number of rotatable bonds is 3. The molecule has 1 unspecified atom stereocenters. The number of urea groups is 1. The van der Waals surface area contributed by atoms with Gasteiger partial charge in [0.2, 0.25) is 0 Å². The summed E-state index contributed by atoms with van der Waals surface area (Å²) in [6.07, 6.45) is 4.95. The van der Waals surface area contributed by atoms with Gasteiger partial charge in [-0.05, 0) is 43.5 Å². The van der Waals surface area contributed by atoms with E-state index >= 15 is 0 Å². The van der Waals surface area contributed by atoms with Gasteiger partial charge < -0.3 is 10.2 Å². The van der Waals surface area contributed by atoms with E-state index in [1.54, 1.807) is 12.1 Å². The third-order valence-corrected chi connectivity index (χ3v) is 5.84. The molecule has 28 heavy (non-hydrogen) atoms. The molecular formula is C22H25N5O. The third-order valence-electron chi connectivity index (χ3n) is 5.84. The highest BCUT2D eigenvalue weighted by Crippen LogP contribution is 2.39. The van der Waals surface area contributed by atoms with Gasteiger partial charge >= 0.3 is 6.03 Å². The molecule has 2 amide bonds. The van der Waals surface area contributed by atoms with Crippen LogP contribution in [0.4, 0.5) is 10.5 Å². The van der Waals surface area contributed by atoms with Crippen LogP contribution in [-0.2, 0) is 6.54 Å². The summed E-state index contributed by atoms with van der Waals surface area (Å²) in [5.41, 5.74) is 2.52. The first-order valence-corrected chi connectivity index (χ1v) is 9.84. The predicted octanol–water partition coefficient (Wildman–Crippen LogP) is 3.47. The molecule has 2 aliphatic rings. The van der Waals surface area contributed by atoms with Crippen LogP contribution < -0.4 is 5.32 Å². The lowest BCUT2D eigenvalue weighted by Gasteiger charge is -2.40. The van der Waals surface area contributed by atoms with Crippen molar-refractivity contribution in [3.05, 3.63) is 59.9 Å². The smallest absolute Gasteiger partial charge is 0.321 e. The minimum absolute atomic E-state index is 0.0800. The number of aromatic nitrogens is 1. The molecule has 2 aliphatic heterocycles. The second-order valence-electron chi connectivity index (χ2n) is 7.95. The average molecular weight is 375 g/mol. The molecular weight excluding hydrogens is 350 g/mol. The molecule has 1 spiro atoms. The minimum atomic E-state index is -0.0800. The van der Waals surface area contributed by atoms with Crippen molar-refractivity contribution in [3.63, 3.8) is 0 Å². The van der Waals surface area contributed by atoms with Crippen LogP contribution in [0, 0.1) is 16.7 Å². The lowest BCUT2D eigenvalue weighted by Crippen LogP contribution is -2.45. The van der Waals surface area contributed by atoms with Crippen molar-refractivity contribution in [2.45, 2.75) is 25.8 Å². The SMILES string of the molecule is N#Cc1ccc(NC(=O)N2CCC3(CCCN(Cc4ccccc4)C3)C2)cn1. The van der Waals surface area contributed by atoms with Crippen LogP contribution in [0.1, 0.15) is 30.5 Å². The Hall–Kier alpha value is -2.91. The fraction of sp³-hybridized carbons (Fsp3) is 0.409. The summed E-state index contributed by atoms with van der Waals surface area (Å²) >= 11 is 0. The van der Waals surface area contributed by atoms with E-state index in [1.165, 1.54) is 24.6 Å². The number of piperidine rings is 1. The number of nitrogens with zero attached hydrogens (tertiary/aromatic N) is 4. The number of benzene rings is 1. The lowest BCUT2D eigenvalue weighted by atomic mass is 9.79. The van der Waals surface area contributed by atoms with Crippen LogP contribution in [0.25, 0.3) is 0 Å². The van der Waals surface area contributed by atoms with Gasteiger partial charge in [0.1, 0.15) is 11.8 Å². The zero-order valence-electron chi connectivity index (χ0n) is 16.0. The van der Waals surface area contributed by atoms with Crippen LogP contribution in [0.5, 0.6) is 0 Å². The van der Waals surface area contributed by atoms with Gasteiger partial charge in [0.15, 0.2) is 0 Å². The fourth-order valence-corrected chi connectivity index (χ4v) is 4.46. The summed E-state index contributed by atoms with van der Waals surface area (Å²) in [7, 11) is 0. The predicted molar refractivity (Wildman–Crippen MR) is 108 cm³/mol. The van der Waals surface area contributed by atoms with Gasteiger partial charge in [0.05, 0.1) is 11.9 Å². The van der Waals surface area contributed by atoms with Crippen molar-refractivity contribution in [3.8, 4) is 6.07 Å². The Morgan fingerprint density at radius 2 is 2.00 bits per heavy atom. The molecule has 1 aromatic carbocycles. The highest BCUT2D eigenvalue weighted by molar-refractivity contribution is 5.89. The molecule has 1 N–H and O–H groups in total. The maximum absolute atomic E-state index is 12.7. The molecule has 4 rings (SSSR count). The Morgan fingerprint density at radius 1 is 1.14 bits per heavy atom. The molecule has 0 bridgehead atoms. The van der Waals surface area contributed by atoms with Crippen molar-refractivity contribution in [1.29, 1.82) is 5.26 Å². The Bertz CT molecular complexity index is 861. The van der Waals surface area contributed by atoms with Gasteiger partial charge in [-0.3, -0.25) is 4.90 Å². The van der Waals surface area contributed by atoms with Crippen LogP contribution in [-0.4, -0.2) is 47.0 Å². The molecule has 3 heterocycles. The zero-order chi connectivity index (χ0) is 19.4. The van der Waals surface area contributed by atoms with Gasteiger partial charge in [0, 0.05) is 31.6 Å². The molecule has 6 nitrogen and oxygen atoms in total. The molecule has 1 atom stereocenters. The first-order chi connectivity index (χ1) is 13.7. The number of pyridine rings is 1. The number of hydrogen-bond donors (Lipinski definition) is 1. The van der Waals surface area contributed by atoms with Crippen LogP contribution in [0.3, 0.4) is 0 Å². The topological polar surface area (TPSA) is 72.3 Å². The Morgan fingerprint density at radius 3 is 2.75 bits per heavy atom. The summed E-state index contributed by atoms with van der Waals surface area (Å²) in [6.45, 7) is 4.73. The molecule has 2 fully saturated rings. The van der Waals surface area contributed by atoms with Gasteiger partial charge in [-0.25, -0.2) is 9.78 Å². The highest BCUT2D eigenvalue weighted by atomic mass is 16.2. The van der Waals surface area contributed by atoms with E-state index in [9.17, 15) is 4.79 Å². The molecule has 6 heteroatoms.